The van der Waals surface area contributed by atoms with E-state index in [9.17, 15) is 4.79 Å². The molecule has 0 aromatic heterocycles. The van der Waals surface area contributed by atoms with Crippen LogP contribution in [0, 0.1) is 5.92 Å². The minimum absolute atomic E-state index is 0.0125. The molecule has 0 aliphatic carbocycles. The van der Waals surface area contributed by atoms with Crippen LogP contribution in [0.15, 0.2) is 0 Å². The number of amides is 1. The standard InChI is InChI=1S/C22H44N2OS/c1-4-5-6-7-8-9-10-11-12-13-14-15-16-17-18-23-22(26)24-21(25)19-20(2)3/h20H,4-19H2,1-3H3,(H2,23,24,25,26). The molecule has 3 nitrogen and oxygen atoms in total. The SMILES string of the molecule is CCCCCCCCCCCCCCCCNC(=S)NC(=O)CC(C)C. The van der Waals surface area contributed by atoms with E-state index in [0.717, 1.165) is 13.0 Å². The topological polar surface area (TPSA) is 41.1 Å². The van der Waals surface area contributed by atoms with Crippen LogP contribution in [0.5, 0.6) is 0 Å². The van der Waals surface area contributed by atoms with Crippen LogP contribution in [0.3, 0.4) is 0 Å². The van der Waals surface area contributed by atoms with E-state index < -0.39 is 0 Å². The predicted molar refractivity (Wildman–Crippen MR) is 119 cm³/mol. The first kappa shape index (κ1) is 25.4. The maximum Gasteiger partial charge on any atom is 0.226 e. The van der Waals surface area contributed by atoms with E-state index in [1.54, 1.807) is 0 Å². The molecule has 0 aromatic rings. The molecule has 0 unspecified atom stereocenters. The first-order valence-electron chi connectivity index (χ1n) is 11.1. The smallest absolute Gasteiger partial charge is 0.226 e. The third-order valence-electron chi connectivity index (χ3n) is 4.66. The lowest BCUT2D eigenvalue weighted by molar-refractivity contribution is -0.120. The molecule has 0 fully saturated rings. The lowest BCUT2D eigenvalue weighted by Gasteiger charge is -2.10. The minimum atomic E-state index is 0.0125. The van der Waals surface area contributed by atoms with Crippen LogP contribution >= 0.6 is 12.2 Å². The summed E-state index contributed by atoms with van der Waals surface area (Å²) in [5.41, 5.74) is 0. The zero-order valence-electron chi connectivity index (χ0n) is 17.7. The van der Waals surface area contributed by atoms with E-state index in [2.05, 4.69) is 17.6 Å². The highest BCUT2D eigenvalue weighted by Crippen LogP contribution is 2.12. The molecule has 0 aromatic carbocycles. The summed E-state index contributed by atoms with van der Waals surface area (Å²) in [6.07, 6.45) is 19.7. The van der Waals surface area contributed by atoms with Crippen molar-refractivity contribution >= 4 is 23.2 Å². The van der Waals surface area contributed by atoms with Crippen molar-refractivity contribution in [2.75, 3.05) is 6.54 Å². The van der Waals surface area contributed by atoms with Crippen LogP contribution in [0.2, 0.25) is 0 Å². The largest absolute Gasteiger partial charge is 0.362 e. The molecule has 1 amide bonds. The quantitative estimate of drug-likeness (QED) is 0.222. The van der Waals surface area contributed by atoms with Crippen molar-refractivity contribution in [3.05, 3.63) is 0 Å². The van der Waals surface area contributed by atoms with Gasteiger partial charge in [-0.1, -0.05) is 104 Å². The molecule has 0 rings (SSSR count). The Morgan fingerprint density at radius 3 is 1.62 bits per heavy atom. The van der Waals surface area contributed by atoms with Gasteiger partial charge in [0.25, 0.3) is 0 Å². The van der Waals surface area contributed by atoms with Crippen molar-refractivity contribution in [2.45, 2.75) is 117 Å². The molecule has 26 heavy (non-hydrogen) atoms. The average molecular weight is 385 g/mol. The van der Waals surface area contributed by atoms with Crippen molar-refractivity contribution in [3.63, 3.8) is 0 Å². The molecular weight excluding hydrogens is 340 g/mol. The fraction of sp³-hybridized carbons (Fsp3) is 0.909. The van der Waals surface area contributed by atoms with Gasteiger partial charge in [-0.25, -0.2) is 0 Å². The highest BCUT2D eigenvalue weighted by Gasteiger charge is 2.06. The second-order valence-electron chi connectivity index (χ2n) is 8.00. The molecular formula is C22H44N2OS. The number of hydrogen-bond donors (Lipinski definition) is 2. The van der Waals surface area contributed by atoms with Crippen LogP contribution in [0.1, 0.15) is 117 Å². The van der Waals surface area contributed by atoms with Gasteiger partial charge >= 0.3 is 0 Å². The Kier molecular flexibility index (Phi) is 18.7. The number of hydrogen-bond acceptors (Lipinski definition) is 2. The molecule has 0 saturated carbocycles. The maximum atomic E-state index is 11.6. The van der Waals surface area contributed by atoms with Crippen molar-refractivity contribution in [1.82, 2.24) is 10.6 Å². The molecule has 0 spiro atoms. The van der Waals surface area contributed by atoms with Gasteiger partial charge in [0.15, 0.2) is 5.11 Å². The Labute approximate surface area is 168 Å². The van der Waals surface area contributed by atoms with E-state index in [1.807, 2.05) is 13.8 Å². The van der Waals surface area contributed by atoms with Gasteiger partial charge in [0.05, 0.1) is 0 Å². The van der Waals surface area contributed by atoms with Gasteiger partial charge in [0, 0.05) is 13.0 Å². The summed E-state index contributed by atoms with van der Waals surface area (Å²) in [6.45, 7) is 7.20. The Balaban J connectivity index is 3.22. The first-order chi connectivity index (χ1) is 12.6. The lowest BCUT2D eigenvalue weighted by Crippen LogP contribution is -2.39. The van der Waals surface area contributed by atoms with Gasteiger partial charge in [-0.15, -0.1) is 0 Å². The van der Waals surface area contributed by atoms with Crippen LogP contribution in [0.4, 0.5) is 0 Å². The molecule has 0 bridgehead atoms. The molecule has 0 aliphatic heterocycles. The van der Waals surface area contributed by atoms with Crippen molar-refractivity contribution in [3.8, 4) is 0 Å². The monoisotopic (exact) mass is 384 g/mol. The second kappa shape index (κ2) is 19.1. The Hall–Kier alpha value is -0.640. The summed E-state index contributed by atoms with van der Waals surface area (Å²) in [4.78, 5) is 11.6. The van der Waals surface area contributed by atoms with Crippen molar-refractivity contribution in [2.24, 2.45) is 5.92 Å². The van der Waals surface area contributed by atoms with Crippen LogP contribution in [-0.2, 0) is 4.79 Å². The van der Waals surface area contributed by atoms with Crippen LogP contribution in [-0.4, -0.2) is 17.6 Å². The lowest BCUT2D eigenvalue weighted by atomic mass is 10.0. The number of carbonyl (C=O) groups excluding carboxylic acids is 1. The number of thiocarbonyl (C=S) groups is 1. The molecule has 0 atom stereocenters. The highest BCUT2D eigenvalue weighted by molar-refractivity contribution is 7.80. The molecule has 0 heterocycles. The zero-order chi connectivity index (χ0) is 19.5. The first-order valence-corrected chi connectivity index (χ1v) is 11.5. The van der Waals surface area contributed by atoms with Crippen LogP contribution < -0.4 is 10.6 Å². The molecule has 2 N–H and O–H groups in total. The summed E-state index contributed by atoms with van der Waals surface area (Å²) < 4.78 is 0. The predicted octanol–water partition coefficient (Wildman–Crippen LogP) is 6.50. The van der Waals surface area contributed by atoms with E-state index in [4.69, 9.17) is 12.2 Å². The minimum Gasteiger partial charge on any atom is -0.362 e. The Morgan fingerprint density at radius 2 is 1.19 bits per heavy atom. The van der Waals surface area contributed by atoms with Crippen molar-refractivity contribution in [1.29, 1.82) is 0 Å². The van der Waals surface area contributed by atoms with E-state index in [1.165, 1.54) is 83.5 Å². The van der Waals surface area contributed by atoms with Gasteiger partial charge in [-0.05, 0) is 24.6 Å². The summed E-state index contributed by atoms with van der Waals surface area (Å²) in [7, 11) is 0. The van der Waals surface area contributed by atoms with Crippen molar-refractivity contribution < 1.29 is 4.79 Å². The Morgan fingerprint density at radius 1 is 0.769 bits per heavy atom. The molecule has 0 saturated heterocycles. The third kappa shape index (κ3) is 19.7. The fourth-order valence-electron chi connectivity index (χ4n) is 3.11. The number of unbranched alkanes of at least 4 members (excludes halogenated alkanes) is 13. The summed E-state index contributed by atoms with van der Waals surface area (Å²) >= 11 is 5.14. The summed E-state index contributed by atoms with van der Waals surface area (Å²) in [5.74, 6) is 0.377. The average Bonchev–Trinajstić information content (AvgIpc) is 2.57. The maximum absolute atomic E-state index is 11.6. The van der Waals surface area contributed by atoms with Gasteiger partial charge in [-0.3, -0.25) is 4.79 Å². The number of carbonyl (C=O) groups is 1. The van der Waals surface area contributed by atoms with Gasteiger partial charge in [0.2, 0.25) is 5.91 Å². The van der Waals surface area contributed by atoms with E-state index >= 15 is 0 Å². The normalized spacial score (nSPS) is 10.9. The third-order valence-corrected chi connectivity index (χ3v) is 4.91. The number of rotatable bonds is 17. The summed E-state index contributed by atoms with van der Waals surface area (Å²) in [6, 6.07) is 0. The molecule has 0 aliphatic rings. The van der Waals surface area contributed by atoms with Gasteiger partial charge in [-0.2, -0.15) is 0 Å². The highest BCUT2D eigenvalue weighted by atomic mass is 32.1. The van der Waals surface area contributed by atoms with E-state index in [0.29, 0.717) is 17.5 Å². The Bertz CT molecular complexity index is 345. The van der Waals surface area contributed by atoms with E-state index in [-0.39, 0.29) is 5.91 Å². The van der Waals surface area contributed by atoms with Gasteiger partial charge < -0.3 is 10.6 Å². The fourth-order valence-corrected chi connectivity index (χ4v) is 3.33. The van der Waals surface area contributed by atoms with Crippen LogP contribution in [0.25, 0.3) is 0 Å². The molecule has 4 heteroatoms. The zero-order valence-corrected chi connectivity index (χ0v) is 18.5. The number of nitrogens with one attached hydrogen (secondary N) is 2. The van der Waals surface area contributed by atoms with Gasteiger partial charge in [0.1, 0.15) is 0 Å². The molecule has 0 radical (unpaired) electrons. The molecule has 154 valence electrons. The summed E-state index contributed by atoms with van der Waals surface area (Å²) in [5, 5.41) is 6.35. The second-order valence-corrected chi connectivity index (χ2v) is 8.41.